The molecule has 0 spiro atoms. The molecule has 0 saturated carbocycles. The largest absolute Gasteiger partial charge is 0.331 e. The van der Waals surface area contributed by atoms with E-state index >= 15 is 0 Å². The van der Waals surface area contributed by atoms with Crippen LogP contribution in [0.25, 0.3) is 0 Å². The number of halogens is 2. The molecule has 0 fully saturated rings. The molecule has 0 aliphatic carbocycles. The SMILES string of the molecule is C[C@H]1CCCn2c([C@H](CC(=O)Nc3ccc(F)cc3)c3ccccc3F)cnc21. The summed E-state index contributed by atoms with van der Waals surface area (Å²) in [6.07, 6.45) is 3.95. The lowest BCUT2D eigenvalue weighted by Gasteiger charge is -2.25. The molecule has 4 nitrogen and oxygen atoms in total. The summed E-state index contributed by atoms with van der Waals surface area (Å²) in [6.45, 7) is 2.96. The van der Waals surface area contributed by atoms with Crippen LogP contribution in [-0.4, -0.2) is 15.5 Å². The number of fused-ring (bicyclic) bond motifs is 1. The molecule has 4 rings (SSSR count). The van der Waals surface area contributed by atoms with E-state index in [9.17, 15) is 13.6 Å². The summed E-state index contributed by atoms with van der Waals surface area (Å²) in [7, 11) is 0. The lowest BCUT2D eigenvalue weighted by atomic mass is 9.91. The van der Waals surface area contributed by atoms with E-state index in [1.807, 2.05) is 0 Å². The van der Waals surface area contributed by atoms with Crippen LogP contribution in [0.2, 0.25) is 0 Å². The number of rotatable bonds is 5. The quantitative estimate of drug-likeness (QED) is 0.644. The summed E-state index contributed by atoms with van der Waals surface area (Å²) in [5.74, 6) is -0.0930. The lowest BCUT2D eigenvalue weighted by Crippen LogP contribution is -2.22. The van der Waals surface area contributed by atoms with Gasteiger partial charge in [0, 0.05) is 42.4 Å². The highest BCUT2D eigenvalue weighted by Gasteiger charge is 2.28. The average molecular weight is 395 g/mol. The molecule has 1 N–H and O–H groups in total. The molecule has 0 radical (unpaired) electrons. The van der Waals surface area contributed by atoms with Crippen molar-refractivity contribution in [3.05, 3.63) is 83.4 Å². The maximum Gasteiger partial charge on any atom is 0.225 e. The maximum atomic E-state index is 14.7. The molecular weight excluding hydrogens is 372 g/mol. The topological polar surface area (TPSA) is 46.9 Å². The number of carbonyl (C=O) groups excluding carboxylic acids is 1. The third-order valence-electron chi connectivity index (χ3n) is 5.53. The molecular formula is C23H23F2N3O. The van der Waals surface area contributed by atoms with Crippen LogP contribution in [0.3, 0.4) is 0 Å². The maximum absolute atomic E-state index is 14.7. The number of nitrogens with one attached hydrogen (secondary N) is 1. The second-order valence-corrected chi connectivity index (χ2v) is 7.57. The van der Waals surface area contributed by atoms with Crippen molar-refractivity contribution in [2.75, 3.05) is 5.32 Å². The van der Waals surface area contributed by atoms with Crippen LogP contribution in [0.4, 0.5) is 14.5 Å². The zero-order valence-corrected chi connectivity index (χ0v) is 16.2. The fourth-order valence-electron chi connectivity index (χ4n) is 4.07. The Bertz CT molecular complexity index is 1010. The van der Waals surface area contributed by atoms with Crippen molar-refractivity contribution in [2.24, 2.45) is 0 Å². The van der Waals surface area contributed by atoms with Crippen LogP contribution in [0.15, 0.2) is 54.7 Å². The second-order valence-electron chi connectivity index (χ2n) is 7.57. The van der Waals surface area contributed by atoms with Gasteiger partial charge in [0.2, 0.25) is 5.91 Å². The van der Waals surface area contributed by atoms with Gasteiger partial charge in [0.15, 0.2) is 0 Å². The average Bonchev–Trinajstić information content (AvgIpc) is 3.14. The zero-order chi connectivity index (χ0) is 20.4. The van der Waals surface area contributed by atoms with Gasteiger partial charge in [-0.05, 0) is 48.7 Å². The Kier molecular flexibility index (Phi) is 5.43. The molecule has 0 unspecified atom stereocenters. The third-order valence-corrected chi connectivity index (χ3v) is 5.53. The molecule has 1 aromatic heterocycles. The number of anilines is 1. The minimum Gasteiger partial charge on any atom is -0.331 e. The van der Waals surface area contributed by atoms with Gasteiger partial charge in [-0.15, -0.1) is 0 Å². The Morgan fingerprint density at radius 3 is 2.72 bits per heavy atom. The summed E-state index contributed by atoms with van der Waals surface area (Å²) in [5, 5.41) is 2.78. The number of aromatic nitrogens is 2. The number of imidazole rings is 1. The Morgan fingerprint density at radius 1 is 1.21 bits per heavy atom. The van der Waals surface area contributed by atoms with Crippen molar-refractivity contribution < 1.29 is 13.6 Å². The number of hydrogen-bond donors (Lipinski definition) is 1. The number of hydrogen-bond acceptors (Lipinski definition) is 2. The Balaban J connectivity index is 1.66. The molecule has 29 heavy (non-hydrogen) atoms. The number of nitrogens with zero attached hydrogens (tertiary/aromatic N) is 2. The van der Waals surface area contributed by atoms with Crippen molar-refractivity contribution in [1.82, 2.24) is 9.55 Å². The van der Waals surface area contributed by atoms with Gasteiger partial charge in [-0.1, -0.05) is 25.1 Å². The Labute approximate surface area is 168 Å². The Hall–Kier alpha value is -3.02. The van der Waals surface area contributed by atoms with E-state index in [0.29, 0.717) is 17.2 Å². The van der Waals surface area contributed by atoms with Crippen molar-refractivity contribution >= 4 is 11.6 Å². The highest BCUT2D eigenvalue weighted by atomic mass is 19.1. The molecule has 2 aromatic carbocycles. The van der Waals surface area contributed by atoms with Gasteiger partial charge < -0.3 is 9.88 Å². The first-order valence-corrected chi connectivity index (χ1v) is 9.88. The minimum atomic E-state index is -0.455. The van der Waals surface area contributed by atoms with Crippen LogP contribution in [0, 0.1) is 11.6 Å². The molecule has 0 bridgehead atoms. The summed E-state index contributed by atoms with van der Waals surface area (Å²) in [6, 6.07) is 12.1. The van der Waals surface area contributed by atoms with Gasteiger partial charge in [0.05, 0.1) is 0 Å². The first-order valence-electron chi connectivity index (χ1n) is 9.88. The van der Waals surface area contributed by atoms with Crippen LogP contribution in [0.5, 0.6) is 0 Å². The van der Waals surface area contributed by atoms with Crippen LogP contribution in [-0.2, 0) is 11.3 Å². The normalized spacial score (nSPS) is 16.9. The van der Waals surface area contributed by atoms with E-state index in [0.717, 1.165) is 30.9 Å². The molecule has 2 atom stereocenters. The van der Waals surface area contributed by atoms with E-state index in [-0.39, 0.29) is 24.0 Å². The number of carbonyl (C=O) groups is 1. The van der Waals surface area contributed by atoms with Crippen LogP contribution >= 0.6 is 0 Å². The van der Waals surface area contributed by atoms with E-state index < -0.39 is 5.92 Å². The van der Waals surface area contributed by atoms with E-state index in [1.165, 1.54) is 30.3 Å². The van der Waals surface area contributed by atoms with E-state index in [2.05, 4.69) is 21.8 Å². The molecule has 150 valence electrons. The first-order chi connectivity index (χ1) is 14.0. The molecule has 1 amide bonds. The minimum absolute atomic E-state index is 0.0673. The van der Waals surface area contributed by atoms with E-state index in [4.69, 9.17) is 0 Å². The Morgan fingerprint density at radius 2 is 1.97 bits per heavy atom. The first kappa shape index (κ1) is 19.3. The highest BCUT2D eigenvalue weighted by molar-refractivity contribution is 5.91. The molecule has 2 heterocycles. The highest BCUT2D eigenvalue weighted by Crippen LogP contribution is 2.35. The number of amides is 1. The molecule has 0 saturated heterocycles. The van der Waals surface area contributed by atoms with Crippen molar-refractivity contribution in [2.45, 2.75) is 44.6 Å². The summed E-state index contributed by atoms with van der Waals surface area (Å²) >= 11 is 0. The second kappa shape index (κ2) is 8.15. The van der Waals surface area contributed by atoms with Gasteiger partial charge >= 0.3 is 0 Å². The monoisotopic (exact) mass is 395 g/mol. The standard InChI is InChI=1S/C23H23F2N3O/c1-15-5-4-12-28-21(14-26-23(15)28)19(18-6-2-3-7-20(18)25)13-22(29)27-17-10-8-16(24)9-11-17/h2-3,6-11,14-15,19H,4-5,12-13H2,1H3,(H,27,29)/t15-,19+/m0/s1. The molecule has 3 aromatic rings. The zero-order valence-electron chi connectivity index (χ0n) is 16.2. The summed E-state index contributed by atoms with van der Waals surface area (Å²) in [4.78, 5) is 17.3. The lowest BCUT2D eigenvalue weighted by molar-refractivity contribution is -0.116. The molecule has 1 aliphatic rings. The van der Waals surface area contributed by atoms with Gasteiger partial charge in [-0.2, -0.15) is 0 Å². The molecule has 6 heteroatoms. The van der Waals surface area contributed by atoms with Gasteiger partial charge in [-0.25, -0.2) is 13.8 Å². The fourth-order valence-corrected chi connectivity index (χ4v) is 4.07. The van der Waals surface area contributed by atoms with Crippen molar-refractivity contribution in [3.8, 4) is 0 Å². The van der Waals surface area contributed by atoms with Gasteiger partial charge in [0.25, 0.3) is 0 Å². The van der Waals surface area contributed by atoms with Crippen LogP contribution in [0.1, 0.15) is 55.1 Å². The van der Waals surface area contributed by atoms with Gasteiger partial charge in [-0.3, -0.25) is 4.79 Å². The predicted octanol–water partition coefficient (Wildman–Crippen LogP) is 5.22. The van der Waals surface area contributed by atoms with Gasteiger partial charge in [0.1, 0.15) is 17.5 Å². The van der Waals surface area contributed by atoms with E-state index in [1.54, 1.807) is 24.4 Å². The summed E-state index contributed by atoms with van der Waals surface area (Å²) in [5.41, 5.74) is 1.83. The number of benzene rings is 2. The van der Waals surface area contributed by atoms with Crippen molar-refractivity contribution in [1.29, 1.82) is 0 Å². The van der Waals surface area contributed by atoms with Crippen molar-refractivity contribution in [3.63, 3.8) is 0 Å². The predicted molar refractivity (Wildman–Crippen MR) is 108 cm³/mol. The summed E-state index contributed by atoms with van der Waals surface area (Å²) < 4.78 is 29.9. The smallest absolute Gasteiger partial charge is 0.225 e. The van der Waals surface area contributed by atoms with Crippen LogP contribution < -0.4 is 5.32 Å². The molecule has 1 aliphatic heterocycles. The fraction of sp³-hybridized carbons (Fsp3) is 0.304. The third kappa shape index (κ3) is 4.06.